The standard InChI is InChI=1S/C18H19ClN4O3/c19-13-1-3-15(4-2-13)26-12-17(24)23-9-5-14(6-10-23)22-18(25)16-11-20-7-8-21-16/h1-4,7-8,11,14H,5-6,9-10,12H2,(H,22,25). The molecule has 1 aromatic carbocycles. The van der Waals surface area contributed by atoms with Crippen LogP contribution in [0.15, 0.2) is 42.9 Å². The molecule has 0 radical (unpaired) electrons. The first kappa shape index (κ1) is 18.1. The van der Waals surface area contributed by atoms with E-state index in [1.165, 1.54) is 18.6 Å². The molecule has 26 heavy (non-hydrogen) atoms. The molecule has 136 valence electrons. The first-order valence-electron chi connectivity index (χ1n) is 8.35. The Hall–Kier alpha value is -2.67. The van der Waals surface area contributed by atoms with E-state index in [0.717, 1.165) is 0 Å². The predicted molar refractivity (Wildman–Crippen MR) is 96.0 cm³/mol. The lowest BCUT2D eigenvalue weighted by atomic mass is 10.0. The smallest absolute Gasteiger partial charge is 0.271 e. The summed E-state index contributed by atoms with van der Waals surface area (Å²) in [5, 5.41) is 3.55. The number of carbonyl (C=O) groups excluding carboxylic acids is 2. The summed E-state index contributed by atoms with van der Waals surface area (Å²) < 4.78 is 5.49. The minimum absolute atomic E-state index is 0.0156. The van der Waals surface area contributed by atoms with Crippen molar-refractivity contribution in [1.82, 2.24) is 20.2 Å². The average Bonchev–Trinajstić information content (AvgIpc) is 2.68. The third kappa shape index (κ3) is 4.92. The maximum atomic E-state index is 12.3. The summed E-state index contributed by atoms with van der Waals surface area (Å²) in [4.78, 5) is 34.0. The van der Waals surface area contributed by atoms with Gasteiger partial charge in [0.25, 0.3) is 11.8 Å². The van der Waals surface area contributed by atoms with Gasteiger partial charge >= 0.3 is 0 Å². The number of nitrogens with one attached hydrogen (secondary N) is 1. The lowest BCUT2D eigenvalue weighted by Gasteiger charge is -2.32. The fraction of sp³-hybridized carbons (Fsp3) is 0.333. The van der Waals surface area contributed by atoms with E-state index in [9.17, 15) is 9.59 Å². The number of hydrogen-bond donors (Lipinski definition) is 1. The van der Waals surface area contributed by atoms with E-state index in [1.54, 1.807) is 29.2 Å². The van der Waals surface area contributed by atoms with E-state index in [0.29, 0.717) is 42.4 Å². The van der Waals surface area contributed by atoms with Crippen molar-refractivity contribution >= 4 is 23.4 Å². The third-order valence-electron chi connectivity index (χ3n) is 4.15. The molecule has 0 saturated carbocycles. The van der Waals surface area contributed by atoms with Crippen LogP contribution in [-0.2, 0) is 4.79 Å². The number of aromatic nitrogens is 2. The molecule has 3 rings (SSSR count). The first-order valence-corrected chi connectivity index (χ1v) is 8.72. The number of ether oxygens (including phenoxy) is 1. The minimum Gasteiger partial charge on any atom is -0.484 e. The quantitative estimate of drug-likeness (QED) is 0.864. The molecule has 1 N–H and O–H groups in total. The molecule has 1 fully saturated rings. The molecule has 1 aliphatic heterocycles. The second-order valence-electron chi connectivity index (χ2n) is 5.96. The molecule has 8 heteroatoms. The number of halogens is 1. The molecule has 0 bridgehead atoms. The van der Waals surface area contributed by atoms with Crippen molar-refractivity contribution in [2.24, 2.45) is 0 Å². The van der Waals surface area contributed by atoms with Crippen LogP contribution in [0, 0.1) is 0 Å². The third-order valence-corrected chi connectivity index (χ3v) is 4.41. The van der Waals surface area contributed by atoms with Gasteiger partial charge in [-0.25, -0.2) is 4.98 Å². The van der Waals surface area contributed by atoms with Crippen molar-refractivity contribution in [3.05, 3.63) is 53.6 Å². The molecule has 7 nitrogen and oxygen atoms in total. The van der Waals surface area contributed by atoms with Crippen LogP contribution in [-0.4, -0.2) is 52.4 Å². The molecule has 1 saturated heterocycles. The predicted octanol–water partition coefficient (Wildman–Crippen LogP) is 1.93. The number of rotatable bonds is 5. The molecule has 2 heterocycles. The first-order chi connectivity index (χ1) is 12.6. The molecule has 2 aromatic rings. The Kier molecular flexibility index (Phi) is 6.01. The molecule has 0 unspecified atom stereocenters. The highest BCUT2D eigenvalue weighted by Crippen LogP contribution is 2.16. The van der Waals surface area contributed by atoms with Gasteiger partial charge < -0.3 is 15.0 Å². The summed E-state index contributed by atoms with van der Waals surface area (Å²) in [6.45, 7) is 1.14. The van der Waals surface area contributed by atoms with Crippen LogP contribution in [0.1, 0.15) is 23.3 Å². The molecule has 2 amide bonds. The molecule has 0 aliphatic carbocycles. The van der Waals surface area contributed by atoms with Gasteiger partial charge in [-0.2, -0.15) is 0 Å². The number of nitrogens with zero attached hydrogens (tertiary/aromatic N) is 3. The molecule has 0 atom stereocenters. The summed E-state index contributed by atoms with van der Waals surface area (Å²) in [5.41, 5.74) is 0.294. The SMILES string of the molecule is O=C(NC1CCN(C(=O)COc2ccc(Cl)cc2)CC1)c1cnccn1. The van der Waals surface area contributed by atoms with Crippen LogP contribution in [0.3, 0.4) is 0 Å². The van der Waals surface area contributed by atoms with Gasteiger partial charge in [0.2, 0.25) is 0 Å². The summed E-state index contributed by atoms with van der Waals surface area (Å²) >= 11 is 5.82. The largest absolute Gasteiger partial charge is 0.484 e. The Morgan fingerprint density at radius 1 is 1.19 bits per heavy atom. The van der Waals surface area contributed by atoms with E-state index in [-0.39, 0.29) is 24.5 Å². The number of piperidine rings is 1. The fourth-order valence-electron chi connectivity index (χ4n) is 2.72. The van der Waals surface area contributed by atoms with Crippen molar-refractivity contribution in [2.45, 2.75) is 18.9 Å². The monoisotopic (exact) mass is 374 g/mol. The maximum absolute atomic E-state index is 12.3. The van der Waals surface area contributed by atoms with E-state index in [1.807, 2.05) is 0 Å². The van der Waals surface area contributed by atoms with Crippen molar-refractivity contribution in [3.8, 4) is 5.75 Å². The van der Waals surface area contributed by atoms with E-state index in [2.05, 4.69) is 15.3 Å². The fourth-order valence-corrected chi connectivity index (χ4v) is 2.84. The zero-order valence-electron chi connectivity index (χ0n) is 14.1. The zero-order valence-corrected chi connectivity index (χ0v) is 14.9. The topological polar surface area (TPSA) is 84.4 Å². The van der Waals surface area contributed by atoms with Gasteiger partial charge in [-0.05, 0) is 37.1 Å². The maximum Gasteiger partial charge on any atom is 0.271 e. The highest BCUT2D eigenvalue weighted by molar-refractivity contribution is 6.30. The lowest BCUT2D eigenvalue weighted by molar-refractivity contribution is -0.134. The van der Waals surface area contributed by atoms with Crippen molar-refractivity contribution in [3.63, 3.8) is 0 Å². The average molecular weight is 375 g/mol. The van der Waals surface area contributed by atoms with Gasteiger partial charge in [-0.15, -0.1) is 0 Å². The normalized spacial score (nSPS) is 14.7. The minimum atomic E-state index is -0.242. The molecule has 1 aromatic heterocycles. The molecule has 0 spiro atoms. The van der Waals surface area contributed by atoms with Gasteiger partial charge in [0.05, 0.1) is 6.20 Å². The Bertz CT molecular complexity index is 747. The molecular formula is C18H19ClN4O3. The number of benzene rings is 1. The van der Waals surface area contributed by atoms with Crippen molar-refractivity contribution < 1.29 is 14.3 Å². The number of likely N-dealkylation sites (tertiary alicyclic amines) is 1. The highest BCUT2D eigenvalue weighted by atomic mass is 35.5. The Morgan fingerprint density at radius 2 is 1.92 bits per heavy atom. The van der Waals surface area contributed by atoms with Gasteiger partial charge in [0.1, 0.15) is 11.4 Å². The number of amides is 2. The van der Waals surface area contributed by atoms with E-state index in [4.69, 9.17) is 16.3 Å². The van der Waals surface area contributed by atoms with Gasteiger partial charge in [-0.1, -0.05) is 11.6 Å². The number of hydrogen-bond acceptors (Lipinski definition) is 5. The summed E-state index contributed by atoms with van der Waals surface area (Å²) in [6, 6.07) is 6.90. The summed E-state index contributed by atoms with van der Waals surface area (Å²) in [7, 11) is 0. The summed E-state index contributed by atoms with van der Waals surface area (Å²) in [5.74, 6) is 0.293. The van der Waals surface area contributed by atoms with Crippen LogP contribution < -0.4 is 10.1 Å². The lowest BCUT2D eigenvalue weighted by Crippen LogP contribution is -2.47. The van der Waals surface area contributed by atoms with Crippen molar-refractivity contribution in [1.29, 1.82) is 0 Å². The second kappa shape index (κ2) is 8.62. The highest BCUT2D eigenvalue weighted by Gasteiger charge is 2.24. The Labute approximate surface area is 156 Å². The van der Waals surface area contributed by atoms with Crippen LogP contribution in [0.25, 0.3) is 0 Å². The Morgan fingerprint density at radius 3 is 2.58 bits per heavy atom. The van der Waals surface area contributed by atoms with E-state index >= 15 is 0 Å². The van der Waals surface area contributed by atoms with Gasteiger partial charge in [-0.3, -0.25) is 14.6 Å². The van der Waals surface area contributed by atoms with Crippen LogP contribution in [0.4, 0.5) is 0 Å². The summed E-state index contributed by atoms with van der Waals surface area (Å²) in [6.07, 6.45) is 5.82. The van der Waals surface area contributed by atoms with Gasteiger partial charge in [0.15, 0.2) is 6.61 Å². The van der Waals surface area contributed by atoms with Crippen LogP contribution >= 0.6 is 11.6 Å². The van der Waals surface area contributed by atoms with E-state index < -0.39 is 0 Å². The van der Waals surface area contributed by atoms with Gasteiger partial charge in [0, 0.05) is 36.5 Å². The van der Waals surface area contributed by atoms with Crippen LogP contribution in [0.2, 0.25) is 5.02 Å². The second-order valence-corrected chi connectivity index (χ2v) is 6.40. The zero-order chi connectivity index (χ0) is 18.4. The molecular weight excluding hydrogens is 356 g/mol. The number of carbonyl (C=O) groups is 2. The Balaban J connectivity index is 1.42. The van der Waals surface area contributed by atoms with Crippen molar-refractivity contribution in [2.75, 3.05) is 19.7 Å². The molecule has 1 aliphatic rings. The van der Waals surface area contributed by atoms with Crippen LogP contribution in [0.5, 0.6) is 5.75 Å².